The molecule has 0 atom stereocenters. The second kappa shape index (κ2) is 9.81. The molecule has 0 saturated carbocycles. The van der Waals surface area contributed by atoms with E-state index in [4.69, 9.17) is 9.72 Å². The van der Waals surface area contributed by atoms with Gasteiger partial charge in [0.25, 0.3) is 5.91 Å². The topological polar surface area (TPSA) is 58.6 Å². The van der Waals surface area contributed by atoms with Gasteiger partial charge in [-0.15, -0.1) is 0 Å². The second-order valence-corrected chi connectivity index (χ2v) is 8.18. The molecule has 0 unspecified atom stereocenters. The van der Waals surface area contributed by atoms with E-state index < -0.39 is 0 Å². The molecule has 1 amide bonds. The molecule has 3 aromatic rings. The van der Waals surface area contributed by atoms with Crippen molar-refractivity contribution < 1.29 is 9.53 Å². The highest BCUT2D eigenvalue weighted by Gasteiger charge is 2.23. The number of aryl methyl sites for hydroxylation is 2. The number of carbonyl (C=O) groups excluding carboxylic acids is 1. The highest BCUT2D eigenvalue weighted by Crippen LogP contribution is 2.26. The summed E-state index contributed by atoms with van der Waals surface area (Å²) in [6.45, 7) is 7.05. The molecule has 1 saturated heterocycles. The second-order valence-electron chi connectivity index (χ2n) is 8.18. The zero-order valence-electron chi connectivity index (χ0n) is 19.0. The Morgan fingerprint density at radius 3 is 2.41 bits per heavy atom. The average molecular weight is 431 g/mol. The van der Waals surface area contributed by atoms with Crippen molar-refractivity contribution in [3.63, 3.8) is 0 Å². The lowest BCUT2D eigenvalue weighted by atomic mass is 10.0. The number of hydrogen-bond acceptors (Lipinski definition) is 5. The molecule has 1 aromatic heterocycles. The number of amides is 1. The summed E-state index contributed by atoms with van der Waals surface area (Å²) in [5, 5.41) is 0. The van der Waals surface area contributed by atoms with E-state index in [1.807, 2.05) is 54.3 Å². The summed E-state index contributed by atoms with van der Waals surface area (Å²) < 4.78 is 5.29. The van der Waals surface area contributed by atoms with Crippen molar-refractivity contribution in [3.05, 3.63) is 82.8 Å². The average Bonchev–Trinajstić information content (AvgIpc) is 3.07. The maximum atomic E-state index is 12.9. The van der Waals surface area contributed by atoms with Crippen LogP contribution in [0.1, 0.15) is 39.4 Å². The van der Waals surface area contributed by atoms with Gasteiger partial charge in [0.15, 0.2) is 0 Å². The van der Waals surface area contributed by atoms with Gasteiger partial charge in [-0.25, -0.2) is 9.97 Å². The molecule has 32 heavy (non-hydrogen) atoms. The minimum absolute atomic E-state index is 0.0981. The van der Waals surface area contributed by atoms with E-state index in [1.54, 1.807) is 7.11 Å². The monoisotopic (exact) mass is 430 g/mol. The van der Waals surface area contributed by atoms with Crippen molar-refractivity contribution >= 4 is 11.7 Å². The summed E-state index contributed by atoms with van der Waals surface area (Å²) in [4.78, 5) is 26.7. The first kappa shape index (κ1) is 21.8. The van der Waals surface area contributed by atoms with Crippen molar-refractivity contribution in [2.45, 2.75) is 26.7 Å². The summed E-state index contributed by atoms with van der Waals surface area (Å²) in [7, 11) is 1.68. The maximum absolute atomic E-state index is 12.9. The van der Waals surface area contributed by atoms with Crippen LogP contribution in [0.5, 0.6) is 5.75 Å². The van der Waals surface area contributed by atoms with Crippen LogP contribution in [-0.4, -0.2) is 54.1 Å². The van der Waals surface area contributed by atoms with Crippen LogP contribution in [0.25, 0.3) is 0 Å². The van der Waals surface area contributed by atoms with E-state index in [2.05, 4.69) is 28.9 Å². The molecule has 6 nitrogen and oxygen atoms in total. The molecular weight excluding hydrogens is 400 g/mol. The largest absolute Gasteiger partial charge is 0.497 e. The Hall–Kier alpha value is -3.41. The van der Waals surface area contributed by atoms with Gasteiger partial charge in [-0.3, -0.25) is 4.79 Å². The first-order valence-corrected chi connectivity index (χ1v) is 11.1. The zero-order chi connectivity index (χ0) is 22.5. The molecule has 1 fully saturated rings. The van der Waals surface area contributed by atoms with E-state index in [-0.39, 0.29) is 5.91 Å². The third kappa shape index (κ3) is 4.90. The van der Waals surface area contributed by atoms with Gasteiger partial charge in [-0.2, -0.15) is 0 Å². The molecule has 0 radical (unpaired) electrons. The summed E-state index contributed by atoms with van der Waals surface area (Å²) in [5.41, 5.74) is 4.08. The molecule has 0 N–H and O–H groups in total. The van der Waals surface area contributed by atoms with E-state index in [0.29, 0.717) is 6.54 Å². The summed E-state index contributed by atoms with van der Waals surface area (Å²) in [6.07, 6.45) is 1.66. The highest BCUT2D eigenvalue weighted by molar-refractivity contribution is 5.94. The SMILES string of the molecule is COc1ccc(Cc2c(C)nc(C)nc2N2CCCN(C(=O)c3ccccc3)CC2)cc1. The molecule has 2 aromatic carbocycles. The van der Waals surface area contributed by atoms with Gasteiger partial charge in [-0.05, 0) is 50.1 Å². The van der Waals surface area contributed by atoms with Gasteiger partial charge < -0.3 is 14.5 Å². The van der Waals surface area contributed by atoms with Crippen molar-refractivity contribution in [2.75, 3.05) is 38.2 Å². The lowest BCUT2D eigenvalue weighted by Gasteiger charge is -2.26. The third-order valence-corrected chi connectivity index (χ3v) is 5.95. The van der Waals surface area contributed by atoms with E-state index in [0.717, 1.165) is 66.7 Å². The predicted molar refractivity (Wildman–Crippen MR) is 126 cm³/mol. The Kier molecular flexibility index (Phi) is 6.69. The van der Waals surface area contributed by atoms with Crippen LogP contribution in [0.2, 0.25) is 0 Å². The minimum Gasteiger partial charge on any atom is -0.497 e. The normalized spacial score (nSPS) is 14.2. The van der Waals surface area contributed by atoms with Gasteiger partial charge in [0.1, 0.15) is 17.4 Å². The van der Waals surface area contributed by atoms with Crippen LogP contribution in [-0.2, 0) is 6.42 Å². The van der Waals surface area contributed by atoms with Crippen LogP contribution >= 0.6 is 0 Å². The van der Waals surface area contributed by atoms with Crippen LogP contribution in [0.3, 0.4) is 0 Å². The Balaban J connectivity index is 1.55. The fourth-order valence-corrected chi connectivity index (χ4v) is 4.23. The molecule has 4 rings (SSSR count). The van der Waals surface area contributed by atoms with Crippen molar-refractivity contribution in [3.8, 4) is 5.75 Å². The first-order valence-electron chi connectivity index (χ1n) is 11.1. The number of benzene rings is 2. The lowest BCUT2D eigenvalue weighted by Crippen LogP contribution is -2.35. The summed E-state index contributed by atoms with van der Waals surface area (Å²) in [5.74, 6) is 2.71. The minimum atomic E-state index is 0.0981. The molecule has 0 aliphatic carbocycles. The van der Waals surface area contributed by atoms with E-state index in [1.165, 1.54) is 5.56 Å². The molecule has 0 bridgehead atoms. The van der Waals surface area contributed by atoms with Gasteiger partial charge in [0.05, 0.1) is 7.11 Å². The number of ether oxygens (including phenoxy) is 1. The van der Waals surface area contributed by atoms with Gasteiger partial charge >= 0.3 is 0 Å². The Morgan fingerprint density at radius 2 is 1.69 bits per heavy atom. The number of carbonyl (C=O) groups is 1. The van der Waals surface area contributed by atoms with Crippen molar-refractivity contribution in [1.29, 1.82) is 0 Å². The number of methoxy groups -OCH3 is 1. The quantitative estimate of drug-likeness (QED) is 0.611. The maximum Gasteiger partial charge on any atom is 0.253 e. The third-order valence-electron chi connectivity index (χ3n) is 5.95. The fourth-order valence-electron chi connectivity index (χ4n) is 4.23. The van der Waals surface area contributed by atoms with Crippen LogP contribution in [0.15, 0.2) is 54.6 Å². The van der Waals surface area contributed by atoms with E-state index >= 15 is 0 Å². The molecule has 166 valence electrons. The molecule has 2 heterocycles. The molecule has 0 spiro atoms. The predicted octanol–water partition coefficient (Wildman–Crippen LogP) is 4.05. The fraction of sp³-hybridized carbons (Fsp3) is 0.346. The van der Waals surface area contributed by atoms with Crippen LogP contribution < -0.4 is 9.64 Å². The van der Waals surface area contributed by atoms with Crippen LogP contribution in [0, 0.1) is 13.8 Å². The zero-order valence-corrected chi connectivity index (χ0v) is 19.0. The summed E-state index contributed by atoms with van der Waals surface area (Å²) in [6, 6.07) is 17.7. The highest BCUT2D eigenvalue weighted by atomic mass is 16.5. The number of anilines is 1. The standard InChI is InChI=1S/C26H30N4O2/c1-19-24(18-21-10-12-23(32-3)13-11-21)25(28-20(2)27-19)29-14-7-15-30(17-16-29)26(31)22-8-5-4-6-9-22/h4-6,8-13H,7,14-18H2,1-3H3. The van der Waals surface area contributed by atoms with Crippen molar-refractivity contribution in [1.82, 2.24) is 14.9 Å². The Labute approximate surface area is 189 Å². The Morgan fingerprint density at radius 1 is 0.938 bits per heavy atom. The van der Waals surface area contributed by atoms with Gasteiger partial charge in [-0.1, -0.05) is 30.3 Å². The number of nitrogens with zero attached hydrogens (tertiary/aromatic N) is 4. The molecule has 1 aliphatic heterocycles. The van der Waals surface area contributed by atoms with Gasteiger partial charge in [0, 0.05) is 49.4 Å². The van der Waals surface area contributed by atoms with Crippen LogP contribution in [0.4, 0.5) is 5.82 Å². The Bertz CT molecular complexity index is 1070. The lowest BCUT2D eigenvalue weighted by molar-refractivity contribution is 0.0767. The molecule has 6 heteroatoms. The molecular formula is C26H30N4O2. The molecule has 1 aliphatic rings. The number of aromatic nitrogens is 2. The smallest absolute Gasteiger partial charge is 0.253 e. The van der Waals surface area contributed by atoms with E-state index in [9.17, 15) is 4.79 Å². The van der Waals surface area contributed by atoms with Gasteiger partial charge in [0.2, 0.25) is 0 Å². The summed E-state index contributed by atoms with van der Waals surface area (Å²) >= 11 is 0. The first-order chi connectivity index (χ1) is 15.5. The van der Waals surface area contributed by atoms with Crippen molar-refractivity contribution in [2.24, 2.45) is 0 Å². The number of rotatable bonds is 5. The number of hydrogen-bond donors (Lipinski definition) is 0.